The number of hydrogen-bond acceptors (Lipinski definition) is 5. The molecule has 2 aliphatic rings. The number of nitrogens with zero attached hydrogens (tertiary/aromatic N) is 2. The monoisotopic (exact) mass is 420 g/mol. The summed E-state index contributed by atoms with van der Waals surface area (Å²) in [5.74, 6) is 1.43. The molecule has 0 saturated heterocycles. The second-order valence-corrected chi connectivity index (χ2v) is 8.17. The Morgan fingerprint density at radius 1 is 0.875 bits per heavy atom. The van der Waals surface area contributed by atoms with E-state index in [0.29, 0.717) is 17.9 Å². The molecule has 1 spiro atoms. The highest BCUT2D eigenvalue weighted by Gasteiger charge is 2.58. The lowest BCUT2D eigenvalue weighted by molar-refractivity contribution is -0.121. The molecule has 2 aromatic heterocycles. The van der Waals surface area contributed by atoms with Crippen LogP contribution in [0.25, 0.3) is 22.2 Å². The molecular weight excluding hydrogens is 400 g/mol. The molecule has 6 rings (SSSR count). The van der Waals surface area contributed by atoms with Crippen LogP contribution in [0.15, 0.2) is 85.2 Å². The van der Waals surface area contributed by atoms with E-state index in [1.165, 1.54) is 0 Å². The Morgan fingerprint density at radius 3 is 2.44 bits per heavy atom. The van der Waals surface area contributed by atoms with Crippen molar-refractivity contribution in [2.24, 2.45) is 0 Å². The summed E-state index contributed by atoms with van der Waals surface area (Å²) in [6.45, 7) is 0.375. The summed E-state index contributed by atoms with van der Waals surface area (Å²) in [4.78, 5) is 21.9. The fourth-order valence-corrected chi connectivity index (χ4v) is 4.10. The number of Topliss-reactive ketones (excluding diaryl/α,β-unsaturated/α-hetero) is 1. The molecule has 1 aliphatic carbocycles. The highest BCUT2D eigenvalue weighted by molar-refractivity contribution is 6.33. The van der Waals surface area contributed by atoms with Crippen LogP contribution in [0.2, 0.25) is 0 Å². The molecule has 4 aromatic rings. The van der Waals surface area contributed by atoms with E-state index in [-0.39, 0.29) is 5.78 Å². The molecule has 1 saturated carbocycles. The minimum atomic E-state index is -0.662. The Hall–Kier alpha value is -3.99. The zero-order valence-electron chi connectivity index (χ0n) is 17.3. The molecule has 1 aliphatic heterocycles. The van der Waals surface area contributed by atoms with Gasteiger partial charge in [-0.2, -0.15) is 0 Å². The lowest BCUT2D eigenvalue weighted by atomic mass is 9.96. The van der Waals surface area contributed by atoms with Crippen molar-refractivity contribution in [2.45, 2.75) is 25.0 Å². The molecule has 1 fully saturated rings. The Labute approximate surface area is 185 Å². The van der Waals surface area contributed by atoms with Crippen LogP contribution in [-0.2, 0) is 16.1 Å². The molecule has 0 radical (unpaired) electrons. The molecule has 32 heavy (non-hydrogen) atoms. The van der Waals surface area contributed by atoms with Crippen molar-refractivity contribution in [3.8, 4) is 5.75 Å². The molecule has 3 heterocycles. The Balaban J connectivity index is 1.25. The first kappa shape index (κ1) is 18.8. The number of aromatic nitrogens is 2. The van der Waals surface area contributed by atoms with Crippen molar-refractivity contribution in [3.63, 3.8) is 0 Å². The van der Waals surface area contributed by atoms with Gasteiger partial charge in [0.15, 0.2) is 5.60 Å². The van der Waals surface area contributed by atoms with Crippen LogP contribution in [0.1, 0.15) is 29.7 Å². The van der Waals surface area contributed by atoms with Gasteiger partial charge in [0.2, 0.25) is 5.78 Å². The number of carbonyl (C=O) groups excluding carboxylic acids is 1. The van der Waals surface area contributed by atoms with Crippen molar-refractivity contribution in [1.82, 2.24) is 9.97 Å². The summed E-state index contributed by atoms with van der Waals surface area (Å²) in [6.07, 6.45) is 4.96. The molecule has 156 valence electrons. The lowest BCUT2D eigenvalue weighted by Crippen LogP contribution is -2.19. The van der Waals surface area contributed by atoms with Crippen LogP contribution in [0, 0.1) is 0 Å². The normalized spacial score (nSPS) is 16.4. The highest BCUT2D eigenvalue weighted by Crippen LogP contribution is 2.53. The number of para-hydroxylation sites is 1. The fraction of sp³-hybridized carbons (Fsp3) is 0.148. The van der Waals surface area contributed by atoms with Gasteiger partial charge in [0.25, 0.3) is 0 Å². The van der Waals surface area contributed by atoms with Gasteiger partial charge in [-0.05, 0) is 54.8 Å². The zero-order valence-corrected chi connectivity index (χ0v) is 17.3. The maximum absolute atomic E-state index is 13.1. The molecule has 0 amide bonds. The van der Waals surface area contributed by atoms with Gasteiger partial charge >= 0.3 is 0 Å². The summed E-state index contributed by atoms with van der Waals surface area (Å²) in [6, 6.07) is 23.4. The van der Waals surface area contributed by atoms with Crippen LogP contribution in [0.3, 0.4) is 0 Å². The summed E-state index contributed by atoms with van der Waals surface area (Å²) in [7, 11) is 0. The third kappa shape index (κ3) is 3.23. The highest BCUT2D eigenvalue weighted by atomic mass is 16.5. The second kappa shape index (κ2) is 7.31. The average Bonchev–Trinajstić information content (AvgIpc) is 3.58. The molecular formula is C27H20N2O3. The third-order valence-corrected chi connectivity index (χ3v) is 6.00. The van der Waals surface area contributed by atoms with E-state index in [0.717, 1.165) is 46.3 Å². The molecule has 5 heteroatoms. The maximum Gasteiger partial charge on any atom is 0.210 e. The molecule has 5 nitrogen and oxygen atoms in total. The maximum atomic E-state index is 13.1. The summed E-state index contributed by atoms with van der Waals surface area (Å²) in [5.41, 5.74) is 3.50. The summed E-state index contributed by atoms with van der Waals surface area (Å²) in [5, 5.41) is 1.11. The van der Waals surface area contributed by atoms with E-state index in [1.54, 1.807) is 12.4 Å². The van der Waals surface area contributed by atoms with Gasteiger partial charge in [0, 0.05) is 23.3 Å². The molecule has 0 unspecified atom stereocenters. The molecule has 0 N–H and O–H groups in total. The topological polar surface area (TPSA) is 61.3 Å². The van der Waals surface area contributed by atoms with Gasteiger partial charge in [-0.3, -0.25) is 9.78 Å². The van der Waals surface area contributed by atoms with Crippen LogP contribution in [0.5, 0.6) is 5.75 Å². The predicted molar refractivity (Wildman–Crippen MR) is 122 cm³/mol. The van der Waals surface area contributed by atoms with Crippen molar-refractivity contribution in [1.29, 1.82) is 0 Å². The summed E-state index contributed by atoms with van der Waals surface area (Å²) >= 11 is 0. The van der Waals surface area contributed by atoms with Crippen LogP contribution >= 0.6 is 0 Å². The Bertz CT molecular complexity index is 1360. The van der Waals surface area contributed by atoms with Crippen molar-refractivity contribution in [3.05, 3.63) is 102 Å². The average molecular weight is 420 g/mol. The first-order valence-electron chi connectivity index (χ1n) is 10.7. The number of rotatable bonds is 5. The molecule has 0 atom stereocenters. The van der Waals surface area contributed by atoms with Crippen LogP contribution in [-0.4, -0.2) is 21.4 Å². The standard InChI is InChI=1S/C27H20N2O3/c30-26-24(25(32-27(26)13-14-27)20-11-15-28-16-12-20)19-6-9-22(10-7-19)31-17-21-8-5-18-3-1-2-4-23(18)29-21/h1-12,15-16H,13-14,17H2. The third-order valence-electron chi connectivity index (χ3n) is 6.00. The number of hydrogen-bond donors (Lipinski definition) is 0. The van der Waals surface area contributed by atoms with Gasteiger partial charge in [-0.25, -0.2) is 4.98 Å². The second-order valence-electron chi connectivity index (χ2n) is 8.17. The molecule has 2 aromatic carbocycles. The van der Waals surface area contributed by atoms with Crippen molar-refractivity contribution >= 4 is 28.0 Å². The molecule has 0 bridgehead atoms. The van der Waals surface area contributed by atoms with Crippen LogP contribution < -0.4 is 4.74 Å². The predicted octanol–water partition coefficient (Wildman–Crippen LogP) is 5.21. The van der Waals surface area contributed by atoms with Gasteiger partial charge in [-0.1, -0.05) is 36.4 Å². The smallest absolute Gasteiger partial charge is 0.210 e. The first-order chi connectivity index (χ1) is 15.7. The zero-order chi connectivity index (χ0) is 21.5. The van der Waals surface area contributed by atoms with E-state index in [1.807, 2.05) is 66.7 Å². The van der Waals surface area contributed by atoms with E-state index in [9.17, 15) is 4.79 Å². The number of ketones is 1. The number of benzene rings is 2. The van der Waals surface area contributed by atoms with Gasteiger partial charge in [0.05, 0.1) is 16.8 Å². The number of carbonyl (C=O) groups is 1. The first-order valence-corrected chi connectivity index (χ1v) is 10.7. The van der Waals surface area contributed by atoms with Gasteiger partial charge in [0.1, 0.15) is 18.1 Å². The summed E-state index contributed by atoms with van der Waals surface area (Å²) < 4.78 is 12.1. The minimum Gasteiger partial charge on any atom is -0.487 e. The van der Waals surface area contributed by atoms with E-state index >= 15 is 0 Å². The van der Waals surface area contributed by atoms with E-state index in [4.69, 9.17) is 9.47 Å². The van der Waals surface area contributed by atoms with Crippen molar-refractivity contribution < 1.29 is 14.3 Å². The van der Waals surface area contributed by atoms with Gasteiger partial charge in [-0.15, -0.1) is 0 Å². The fourth-order valence-electron chi connectivity index (χ4n) is 4.10. The van der Waals surface area contributed by atoms with Crippen molar-refractivity contribution in [2.75, 3.05) is 0 Å². The van der Waals surface area contributed by atoms with E-state index in [2.05, 4.69) is 16.0 Å². The quantitative estimate of drug-likeness (QED) is 0.444. The Morgan fingerprint density at radius 2 is 1.66 bits per heavy atom. The largest absolute Gasteiger partial charge is 0.487 e. The SMILES string of the molecule is O=C1C(c2ccc(OCc3ccc4ccccc4n3)cc2)=C(c2ccncc2)OC12CC2. The van der Waals surface area contributed by atoms with Crippen LogP contribution in [0.4, 0.5) is 0 Å². The number of ether oxygens (including phenoxy) is 2. The lowest BCUT2D eigenvalue weighted by Gasteiger charge is -2.09. The minimum absolute atomic E-state index is 0.0679. The van der Waals surface area contributed by atoms with Gasteiger partial charge < -0.3 is 9.47 Å². The number of fused-ring (bicyclic) bond motifs is 1. The van der Waals surface area contributed by atoms with E-state index < -0.39 is 5.60 Å². The Kier molecular flexibility index (Phi) is 4.28. The number of pyridine rings is 2.